The minimum Gasteiger partial charge on any atom is -0.355 e. The van der Waals surface area contributed by atoms with Crippen LogP contribution in [0.4, 0.5) is 11.5 Å². The third-order valence-corrected chi connectivity index (χ3v) is 4.25. The van der Waals surface area contributed by atoms with Gasteiger partial charge >= 0.3 is 0 Å². The van der Waals surface area contributed by atoms with Crippen LogP contribution in [0.5, 0.6) is 0 Å². The van der Waals surface area contributed by atoms with E-state index in [0.717, 1.165) is 36.1 Å². The Bertz CT molecular complexity index is 676. The molecule has 2 aromatic rings. The molecule has 0 radical (unpaired) electrons. The zero-order valence-corrected chi connectivity index (χ0v) is 13.6. The molecule has 23 heavy (non-hydrogen) atoms. The largest absolute Gasteiger partial charge is 0.355 e. The zero-order chi connectivity index (χ0) is 16.2. The highest BCUT2D eigenvalue weighted by Gasteiger charge is 2.17. The first kappa shape index (κ1) is 15.5. The molecule has 1 N–H and O–H groups in total. The van der Waals surface area contributed by atoms with Gasteiger partial charge < -0.3 is 10.2 Å². The van der Waals surface area contributed by atoms with Crippen LogP contribution < -0.4 is 10.2 Å². The smallest absolute Gasteiger partial charge is 0.275 e. The van der Waals surface area contributed by atoms with Crippen LogP contribution in [0.1, 0.15) is 35.8 Å². The summed E-state index contributed by atoms with van der Waals surface area (Å²) in [6.07, 6.45) is 5.61. The molecule has 0 bridgehead atoms. The van der Waals surface area contributed by atoms with Crippen LogP contribution in [0, 0.1) is 12.8 Å². The van der Waals surface area contributed by atoms with Crippen molar-refractivity contribution in [1.82, 2.24) is 9.97 Å². The van der Waals surface area contributed by atoms with Gasteiger partial charge in [0.1, 0.15) is 11.5 Å². The number of anilines is 2. The molecule has 1 aromatic heterocycles. The number of amides is 1. The monoisotopic (exact) mass is 310 g/mol. The number of nitrogens with one attached hydrogen (secondary N) is 1. The first-order chi connectivity index (χ1) is 11.1. The summed E-state index contributed by atoms with van der Waals surface area (Å²) >= 11 is 0. The van der Waals surface area contributed by atoms with E-state index in [9.17, 15) is 4.79 Å². The molecule has 1 aromatic carbocycles. The zero-order valence-electron chi connectivity index (χ0n) is 13.6. The molecule has 1 amide bonds. The normalized spacial score (nSPS) is 15.5. The molecule has 0 unspecified atom stereocenters. The molecular weight excluding hydrogens is 288 g/mol. The van der Waals surface area contributed by atoms with E-state index in [1.165, 1.54) is 12.8 Å². The summed E-state index contributed by atoms with van der Waals surface area (Å²) in [6.45, 7) is 6.28. The number of carbonyl (C=O) groups is 1. The van der Waals surface area contributed by atoms with Crippen LogP contribution in [0.3, 0.4) is 0 Å². The Morgan fingerprint density at radius 3 is 2.65 bits per heavy atom. The number of hydrogen-bond acceptors (Lipinski definition) is 4. The molecule has 5 heteroatoms. The molecule has 0 atom stereocenters. The molecule has 0 spiro atoms. The molecule has 1 aliphatic heterocycles. The van der Waals surface area contributed by atoms with Crippen LogP contribution >= 0.6 is 0 Å². The van der Waals surface area contributed by atoms with Crippen LogP contribution in [0.25, 0.3) is 0 Å². The molecule has 0 saturated carbocycles. The number of hydrogen-bond donors (Lipinski definition) is 1. The quantitative estimate of drug-likeness (QED) is 0.945. The van der Waals surface area contributed by atoms with Crippen LogP contribution in [-0.2, 0) is 0 Å². The van der Waals surface area contributed by atoms with Gasteiger partial charge in [-0.1, -0.05) is 19.1 Å². The van der Waals surface area contributed by atoms with Crippen molar-refractivity contribution < 1.29 is 4.79 Å². The maximum atomic E-state index is 12.2. The number of rotatable bonds is 3. The summed E-state index contributed by atoms with van der Waals surface area (Å²) in [6, 6.07) is 7.69. The van der Waals surface area contributed by atoms with Gasteiger partial charge in [-0.3, -0.25) is 4.79 Å². The van der Waals surface area contributed by atoms with Gasteiger partial charge in [0, 0.05) is 18.8 Å². The highest BCUT2D eigenvalue weighted by molar-refractivity contribution is 6.02. The fourth-order valence-corrected chi connectivity index (χ4v) is 2.76. The standard InChI is InChI=1S/C18H22N4O/c1-13-6-8-22(9-7-13)17-12-19-16(11-20-17)18(23)21-15-5-3-4-14(2)10-15/h3-5,10-13H,6-9H2,1-2H3,(H,21,23). The van der Waals surface area contributed by atoms with Gasteiger partial charge in [0.05, 0.1) is 12.4 Å². The first-order valence-electron chi connectivity index (χ1n) is 8.07. The lowest BCUT2D eigenvalue weighted by Crippen LogP contribution is -2.33. The summed E-state index contributed by atoms with van der Waals surface area (Å²) in [5.41, 5.74) is 2.20. The second kappa shape index (κ2) is 6.77. The van der Waals surface area contributed by atoms with E-state index in [0.29, 0.717) is 5.69 Å². The Morgan fingerprint density at radius 2 is 2.00 bits per heavy atom. The Morgan fingerprint density at radius 1 is 1.22 bits per heavy atom. The molecule has 3 rings (SSSR count). The Kier molecular flexibility index (Phi) is 4.55. The molecule has 1 aliphatic rings. The molecular formula is C18H22N4O. The fourth-order valence-electron chi connectivity index (χ4n) is 2.76. The third kappa shape index (κ3) is 3.86. The molecule has 0 aliphatic carbocycles. The summed E-state index contributed by atoms with van der Waals surface area (Å²) in [5.74, 6) is 1.39. The number of piperidine rings is 1. The van der Waals surface area contributed by atoms with E-state index in [1.54, 1.807) is 12.4 Å². The molecule has 2 heterocycles. The minimum absolute atomic E-state index is 0.234. The van der Waals surface area contributed by atoms with Crippen LogP contribution in [-0.4, -0.2) is 29.0 Å². The van der Waals surface area contributed by atoms with Gasteiger partial charge in [0.25, 0.3) is 5.91 Å². The Labute approximate surface area is 136 Å². The summed E-state index contributed by atoms with van der Waals surface area (Å²) in [7, 11) is 0. The molecule has 1 fully saturated rings. The van der Waals surface area contributed by atoms with Crippen molar-refractivity contribution in [3.05, 3.63) is 47.9 Å². The van der Waals surface area contributed by atoms with Gasteiger partial charge in [-0.25, -0.2) is 9.97 Å². The fraction of sp³-hybridized carbons (Fsp3) is 0.389. The number of carbonyl (C=O) groups excluding carboxylic acids is 1. The topological polar surface area (TPSA) is 58.1 Å². The number of aromatic nitrogens is 2. The minimum atomic E-state index is -0.234. The predicted molar refractivity (Wildman–Crippen MR) is 91.8 cm³/mol. The average Bonchev–Trinajstić information content (AvgIpc) is 2.56. The molecule has 5 nitrogen and oxygen atoms in total. The second-order valence-corrected chi connectivity index (χ2v) is 6.25. The van der Waals surface area contributed by atoms with Gasteiger partial charge in [-0.2, -0.15) is 0 Å². The Hall–Kier alpha value is -2.43. The predicted octanol–water partition coefficient (Wildman–Crippen LogP) is 3.27. The van der Waals surface area contributed by atoms with E-state index >= 15 is 0 Å². The summed E-state index contributed by atoms with van der Waals surface area (Å²) in [4.78, 5) is 23.1. The lowest BCUT2D eigenvalue weighted by atomic mass is 9.99. The van der Waals surface area contributed by atoms with Crippen molar-refractivity contribution >= 4 is 17.4 Å². The highest BCUT2D eigenvalue weighted by Crippen LogP contribution is 2.20. The number of aryl methyl sites for hydroxylation is 1. The lowest BCUT2D eigenvalue weighted by Gasteiger charge is -2.30. The summed E-state index contributed by atoms with van der Waals surface area (Å²) in [5, 5.41) is 2.85. The first-order valence-corrected chi connectivity index (χ1v) is 8.07. The van der Waals surface area contributed by atoms with Crippen molar-refractivity contribution in [2.45, 2.75) is 26.7 Å². The molecule has 1 saturated heterocycles. The highest BCUT2D eigenvalue weighted by atomic mass is 16.1. The maximum absolute atomic E-state index is 12.2. The molecule has 120 valence electrons. The van der Waals surface area contributed by atoms with Gasteiger partial charge in [-0.05, 0) is 43.4 Å². The van der Waals surface area contributed by atoms with Gasteiger partial charge in [0.2, 0.25) is 0 Å². The van der Waals surface area contributed by atoms with E-state index in [2.05, 4.69) is 27.1 Å². The van der Waals surface area contributed by atoms with Crippen molar-refractivity contribution in [1.29, 1.82) is 0 Å². The SMILES string of the molecule is Cc1cccc(NC(=O)c2cnc(N3CCC(C)CC3)cn2)c1. The van der Waals surface area contributed by atoms with E-state index in [4.69, 9.17) is 0 Å². The summed E-state index contributed by atoms with van der Waals surface area (Å²) < 4.78 is 0. The maximum Gasteiger partial charge on any atom is 0.275 e. The average molecular weight is 310 g/mol. The number of benzene rings is 1. The van der Waals surface area contributed by atoms with Crippen molar-refractivity contribution in [3.8, 4) is 0 Å². The van der Waals surface area contributed by atoms with Gasteiger partial charge in [0.15, 0.2) is 0 Å². The van der Waals surface area contributed by atoms with Crippen molar-refractivity contribution in [2.24, 2.45) is 5.92 Å². The third-order valence-electron chi connectivity index (χ3n) is 4.25. The number of nitrogens with zero attached hydrogens (tertiary/aromatic N) is 3. The second-order valence-electron chi connectivity index (χ2n) is 6.25. The van der Waals surface area contributed by atoms with Crippen LogP contribution in [0.15, 0.2) is 36.7 Å². The van der Waals surface area contributed by atoms with E-state index < -0.39 is 0 Å². The van der Waals surface area contributed by atoms with E-state index in [1.807, 2.05) is 31.2 Å². The van der Waals surface area contributed by atoms with Crippen molar-refractivity contribution in [2.75, 3.05) is 23.3 Å². The Balaban J connectivity index is 1.65. The van der Waals surface area contributed by atoms with Crippen molar-refractivity contribution in [3.63, 3.8) is 0 Å². The van der Waals surface area contributed by atoms with Crippen LogP contribution in [0.2, 0.25) is 0 Å². The lowest BCUT2D eigenvalue weighted by molar-refractivity contribution is 0.102. The van der Waals surface area contributed by atoms with E-state index in [-0.39, 0.29) is 5.91 Å². The van der Waals surface area contributed by atoms with Gasteiger partial charge in [-0.15, -0.1) is 0 Å².